The summed E-state index contributed by atoms with van der Waals surface area (Å²) in [6, 6.07) is 35.7. The Hall–Kier alpha value is -5.49. The predicted octanol–water partition coefficient (Wildman–Crippen LogP) is 8.05. The molecular weight excluding hydrogens is 494 g/mol. The van der Waals surface area contributed by atoms with Gasteiger partial charge < -0.3 is 13.6 Å². The van der Waals surface area contributed by atoms with Crippen molar-refractivity contribution < 1.29 is 4.42 Å². The van der Waals surface area contributed by atoms with Gasteiger partial charge in [-0.25, -0.2) is 9.97 Å². The van der Waals surface area contributed by atoms with Gasteiger partial charge in [0.05, 0.1) is 34.0 Å². The summed E-state index contributed by atoms with van der Waals surface area (Å²) in [5.74, 6) is 1.42. The molecule has 0 spiro atoms. The average molecular weight is 518 g/mol. The molecular formula is C34H23N5O. The van der Waals surface area contributed by atoms with Gasteiger partial charge in [-0.05, 0) is 54.6 Å². The number of hydrogen-bond donors (Lipinski definition) is 0. The van der Waals surface area contributed by atoms with Crippen molar-refractivity contribution in [2.24, 2.45) is 7.05 Å². The van der Waals surface area contributed by atoms with E-state index < -0.39 is 0 Å². The Labute approximate surface area is 229 Å². The molecule has 4 aromatic carbocycles. The van der Waals surface area contributed by atoms with Gasteiger partial charge in [-0.15, -0.1) is 0 Å². The summed E-state index contributed by atoms with van der Waals surface area (Å²) >= 11 is 0. The lowest BCUT2D eigenvalue weighted by Gasteiger charge is -2.12. The van der Waals surface area contributed by atoms with Crippen LogP contribution in [0.15, 0.2) is 126 Å². The van der Waals surface area contributed by atoms with Crippen LogP contribution < -0.4 is 0 Å². The second kappa shape index (κ2) is 8.78. The van der Waals surface area contributed by atoms with Crippen molar-refractivity contribution in [1.82, 2.24) is 24.1 Å². The number of aromatic nitrogens is 5. The fourth-order valence-electron chi connectivity index (χ4n) is 5.74. The van der Waals surface area contributed by atoms with Crippen LogP contribution in [-0.2, 0) is 7.05 Å². The Morgan fingerprint density at radius 3 is 2.33 bits per heavy atom. The molecule has 4 heterocycles. The molecule has 0 saturated heterocycles. The van der Waals surface area contributed by atoms with Crippen molar-refractivity contribution in [2.45, 2.75) is 0 Å². The molecule has 190 valence electrons. The van der Waals surface area contributed by atoms with Gasteiger partial charge in [-0.1, -0.05) is 48.5 Å². The van der Waals surface area contributed by atoms with Gasteiger partial charge in [0.15, 0.2) is 0 Å². The number of oxazole rings is 1. The summed E-state index contributed by atoms with van der Waals surface area (Å²) < 4.78 is 10.3. The molecule has 0 N–H and O–H groups in total. The van der Waals surface area contributed by atoms with Crippen LogP contribution in [-0.4, -0.2) is 24.1 Å². The van der Waals surface area contributed by atoms with Gasteiger partial charge >= 0.3 is 0 Å². The number of para-hydroxylation sites is 3. The van der Waals surface area contributed by atoms with Crippen LogP contribution >= 0.6 is 0 Å². The Bertz CT molecular complexity index is 2170. The van der Waals surface area contributed by atoms with Crippen molar-refractivity contribution in [3.63, 3.8) is 0 Å². The standard InChI is InChI=1S/C34H23N5O/c1-38-31-15-5-3-13-29(31)37-33(38)26-21-32-25(20-27(26)34-36-17-18-40-34)24-11-2-4-14-30(24)39(32)23-10-8-9-22(19-23)28-12-6-7-16-35-28/h2-21H,1H3. The highest BCUT2D eigenvalue weighted by molar-refractivity contribution is 6.12. The number of fused-ring (bicyclic) bond motifs is 4. The zero-order valence-electron chi connectivity index (χ0n) is 21.7. The molecule has 0 aliphatic carbocycles. The third-order valence-electron chi connectivity index (χ3n) is 7.57. The van der Waals surface area contributed by atoms with E-state index in [0.717, 1.165) is 66.7 Å². The summed E-state index contributed by atoms with van der Waals surface area (Å²) in [5.41, 5.74) is 9.15. The highest BCUT2D eigenvalue weighted by Crippen LogP contribution is 2.40. The number of hydrogen-bond acceptors (Lipinski definition) is 4. The monoisotopic (exact) mass is 517 g/mol. The average Bonchev–Trinajstić information content (AvgIpc) is 3.74. The molecule has 0 atom stereocenters. The van der Waals surface area contributed by atoms with Crippen LogP contribution in [0.5, 0.6) is 0 Å². The third kappa shape index (κ3) is 3.39. The first kappa shape index (κ1) is 22.5. The SMILES string of the molecule is Cn1c(-c2cc3c(cc2-c2ncco2)c2ccccc2n3-c2cccc(-c3ccccn3)c2)nc2ccccc21. The smallest absolute Gasteiger partial charge is 0.226 e. The summed E-state index contributed by atoms with van der Waals surface area (Å²) in [6.07, 6.45) is 5.13. The van der Waals surface area contributed by atoms with Gasteiger partial charge in [0.1, 0.15) is 12.1 Å². The van der Waals surface area contributed by atoms with E-state index in [1.54, 1.807) is 12.5 Å². The van der Waals surface area contributed by atoms with E-state index in [2.05, 4.69) is 92.9 Å². The van der Waals surface area contributed by atoms with Crippen molar-refractivity contribution in [3.05, 3.63) is 122 Å². The number of rotatable bonds is 4. The number of nitrogens with zero attached hydrogens (tertiary/aromatic N) is 5. The van der Waals surface area contributed by atoms with Crippen molar-refractivity contribution in [3.8, 4) is 39.8 Å². The number of imidazole rings is 1. The van der Waals surface area contributed by atoms with Crippen molar-refractivity contribution in [2.75, 3.05) is 0 Å². The van der Waals surface area contributed by atoms with Crippen LogP contribution in [0.25, 0.3) is 72.6 Å². The molecule has 0 amide bonds. The lowest BCUT2D eigenvalue weighted by Crippen LogP contribution is -1.98. The minimum absolute atomic E-state index is 0.568. The lowest BCUT2D eigenvalue weighted by molar-refractivity contribution is 0.575. The van der Waals surface area contributed by atoms with Crippen LogP contribution in [0.1, 0.15) is 0 Å². The largest absolute Gasteiger partial charge is 0.445 e. The number of aryl methyl sites for hydroxylation is 1. The van der Waals surface area contributed by atoms with E-state index in [0.29, 0.717) is 5.89 Å². The van der Waals surface area contributed by atoms with E-state index in [-0.39, 0.29) is 0 Å². The second-order valence-electron chi connectivity index (χ2n) is 9.85. The van der Waals surface area contributed by atoms with E-state index in [1.807, 2.05) is 42.6 Å². The molecule has 0 bridgehead atoms. The van der Waals surface area contributed by atoms with E-state index in [9.17, 15) is 0 Å². The van der Waals surface area contributed by atoms with Crippen LogP contribution in [0.4, 0.5) is 0 Å². The normalized spacial score (nSPS) is 11.6. The molecule has 4 aromatic heterocycles. The summed E-state index contributed by atoms with van der Waals surface area (Å²) in [5, 5.41) is 2.28. The fraction of sp³-hybridized carbons (Fsp3) is 0.0294. The number of benzene rings is 4. The van der Waals surface area contributed by atoms with Gasteiger partial charge in [0, 0.05) is 46.4 Å². The fourth-order valence-corrected chi connectivity index (χ4v) is 5.74. The first-order chi connectivity index (χ1) is 19.8. The molecule has 0 aliphatic heterocycles. The van der Waals surface area contributed by atoms with E-state index >= 15 is 0 Å². The van der Waals surface area contributed by atoms with Crippen LogP contribution in [0.3, 0.4) is 0 Å². The maximum absolute atomic E-state index is 5.85. The Kier molecular flexibility index (Phi) is 4.94. The van der Waals surface area contributed by atoms with Gasteiger partial charge in [-0.2, -0.15) is 0 Å². The molecule has 40 heavy (non-hydrogen) atoms. The van der Waals surface area contributed by atoms with E-state index in [4.69, 9.17) is 9.40 Å². The molecule has 0 aliphatic rings. The Morgan fingerprint density at radius 1 is 0.650 bits per heavy atom. The van der Waals surface area contributed by atoms with Crippen molar-refractivity contribution >= 4 is 32.8 Å². The van der Waals surface area contributed by atoms with Gasteiger partial charge in [0.25, 0.3) is 0 Å². The molecule has 0 fully saturated rings. The maximum atomic E-state index is 5.85. The van der Waals surface area contributed by atoms with Crippen LogP contribution in [0.2, 0.25) is 0 Å². The highest BCUT2D eigenvalue weighted by atomic mass is 16.3. The molecule has 6 heteroatoms. The van der Waals surface area contributed by atoms with Crippen LogP contribution in [0, 0.1) is 0 Å². The lowest BCUT2D eigenvalue weighted by atomic mass is 10.0. The number of pyridine rings is 1. The molecule has 8 aromatic rings. The quantitative estimate of drug-likeness (QED) is 0.237. The molecule has 6 nitrogen and oxygen atoms in total. The molecule has 0 radical (unpaired) electrons. The molecule has 0 saturated carbocycles. The van der Waals surface area contributed by atoms with Gasteiger partial charge in [0.2, 0.25) is 5.89 Å². The minimum atomic E-state index is 0.568. The zero-order chi connectivity index (χ0) is 26.6. The zero-order valence-corrected chi connectivity index (χ0v) is 21.7. The summed E-state index contributed by atoms with van der Waals surface area (Å²) in [6.45, 7) is 0. The Balaban J connectivity index is 1.46. The van der Waals surface area contributed by atoms with Gasteiger partial charge in [-0.3, -0.25) is 4.98 Å². The third-order valence-corrected chi connectivity index (χ3v) is 7.57. The first-order valence-corrected chi connectivity index (χ1v) is 13.2. The maximum Gasteiger partial charge on any atom is 0.226 e. The molecule has 0 unspecified atom stereocenters. The Morgan fingerprint density at radius 2 is 1.50 bits per heavy atom. The first-order valence-electron chi connectivity index (χ1n) is 13.2. The summed E-state index contributed by atoms with van der Waals surface area (Å²) in [4.78, 5) is 14.2. The van der Waals surface area contributed by atoms with Crippen molar-refractivity contribution in [1.29, 1.82) is 0 Å². The minimum Gasteiger partial charge on any atom is -0.445 e. The summed E-state index contributed by atoms with van der Waals surface area (Å²) in [7, 11) is 2.06. The molecule has 8 rings (SSSR count). The predicted molar refractivity (Wildman–Crippen MR) is 159 cm³/mol. The second-order valence-corrected chi connectivity index (χ2v) is 9.85. The van der Waals surface area contributed by atoms with E-state index in [1.165, 1.54) is 0 Å². The topological polar surface area (TPSA) is 61.7 Å². The highest BCUT2D eigenvalue weighted by Gasteiger charge is 2.22.